The highest BCUT2D eigenvalue weighted by Gasteiger charge is 2.32. The molecule has 32 heavy (non-hydrogen) atoms. The molecule has 3 heterocycles. The highest BCUT2D eigenvalue weighted by Crippen LogP contribution is 2.48. The summed E-state index contributed by atoms with van der Waals surface area (Å²) in [4.78, 5) is 20.8. The number of fused-ring (bicyclic) bond motifs is 4. The molecule has 0 fully saturated rings. The van der Waals surface area contributed by atoms with Gasteiger partial charge in [0.25, 0.3) is 5.91 Å². The van der Waals surface area contributed by atoms with Crippen molar-refractivity contribution in [2.75, 3.05) is 0 Å². The van der Waals surface area contributed by atoms with E-state index in [4.69, 9.17) is 0 Å². The third kappa shape index (κ3) is 2.62. The molecule has 0 saturated carbocycles. The Balaban J connectivity index is 1.50. The molecule has 1 aliphatic carbocycles. The SMILES string of the molecule is Cc1n[nH]c(C)c1-c1cccc2c1-c1ccccc1C2NC(=O)c1ccnc2[nH]ccc12. The monoisotopic (exact) mass is 419 g/mol. The first-order chi connectivity index (χ1) is 15.6. The van der Waals surface area contributed by atoms with Gasteiger partial charge in [0.05, 0.1) is 17.3 Å². The normalized spacial score (nSPS) is 14.4. The van der Waals surface area contributed by atoms with Gasteiger partial charge in [-0.25, -0.2) is 4.98 Å². The Morgan fingerprint density at radius 1 is 0.938 bits per heavy atom. The zero-order valence-corrected chi connectivity index (χ0v) is 17.7. The fourth-order valence-corrected chi connectivity index (χ4v) is 4.93. The number of aromatic nitrogens is 4. The van der Waals surface area contributed by atoms with Crippen molar-refractivity contribution in [2.24, 2.45) is 0 Å². The second-order valence-corrected chi connectivity index (χ2v) is 8.17. The van der Waals surface area contributed by atoms with E-state index in [0.717, 1.165) is 50.2 Å². The van der Waals surface area contributed by atoms with E-state index in [1.165, 1.54) is 0 Å². The zero-order chi connectivity index (χ0) is 21.8. The van der Waals surface area contributed by atoms with Gasteiger partial charge in [-0.1, -0.05) is 42.5 Å². The molecule has 3 aromatic heterocycles. The van der Waals surface area contributed by atoms with Crippen LogP contribution in [-0.4, -0.2) is 26.1 Å². The summed E-state index contributed by atoms with van der Waals surface area (Å²) in [5.41, 5.74) is 10.1. The van der Waals surface area contributed by atoms with Crippen LogP contribution >= 0.6 is 0 Å². The molecule has 1 amide bonds. The summed E-state index contributed by atoms with van der Waals surface area (Å²) in [7, 11) is 0. The van der Waals surface area contributed by atoms with Gasteiger partial charge in [0, 0.05) is 29.0 Å². The highest BCUT2D eigenvalue weighted by atomic mass is 16.1. The summed E-state index contributed by atoms with van der Waals surface area (Å²) in [5.74, 6) is -0.120. The van der Waals surface area contributed by atoms with E-state index in [0.29, 0.717) is 11.2 Å². The quantitative estimate of drug-likeness (QED) is 0.382. The largest absolute Gasteiger partial charge is 0.346 e. The summed E-state index contributed by atoms with van der Waals surface area (Å²) in [6.45, 7) is 4.06. The Kier molecular flexibility index (Phi) is 4.01. The van der Waals surface area contributed by atoms with E-state index in [-0.39, 0.29) is 11.9 Å². The number of pyridine rings is 1. The smallest absolute Gasteiger partial charge is 0.252 e. The summed E-state index contributed by atoms with van der Waals surface area (Å²) in [6.07, 6.45) is 3.46. The van der Waals surface area contributed by atoms with E-state index >= 15 is 0 Å². The molecule has 2 aromatic carbocycles. The van der Waals surface area contributed by atoms with Crippen molar-refractivity contribution in [3.05, 3.63) is 95.1 Å². The maximum atomic E-state index is 13.4. The lowest BCUT2D eigenvalue weighted by atomic mass is 9.93. The number of benzene rings is 2. The van der Waals surface area contributed by atoms with Gasteiger partial charge in [0.1, 0.15) is 5.65 Å². The fourth-order valence-electron chi connectivity index (χ4n) is 4.93. The van der Waals surface area contributed by atoms with E-state index < -0.39 is 0 Å². The second kappa shape index (κ2) is 6.92. The van der Waals surface area contributed by atoms with Crippen LogP contribution in [0.5, 0.6) is 0 Å². The van der Waals surface area contributed by atoms with E-state index in [9.17, 15) is 4.79 Å². The van der Waals surface area contributed by atoms with Crippen molar-refractivity contribution in [3.8, 4) is 22.3 Å². The Bertz CT molecular complexity index is 1490. The van der Waals surface area contributed by atoms with E-state index in [2.05, 4.69) is 55.8 Å². The van der Waals surface area contributed by atoms with Crippen LogP contribution < -0.4 is 5.32 Å². The fraction of sp³-hybridized carbons (Fsp3) is 0.115. The number of amides is 1. The average Bonchev–Trinajstić information content (AvgIpc) is 3.50. The zero-order valence-electron chi connectivity index (χ0n) is 17.7. The Morgan fingerprint density at radius 2 is 1.75 bits per heavy atom. The third-order valence-corrected chi connectivity index (χ3v) is 6.33. The minimum Gasteiger partial charge on any atom is -0.346 e. The highest BCUT2D eigenvalue weighted by molar-refractivity contribution is 6.06. The van der Waals surface area contributed by atoms with Crippen molar-refractivity contribution < 1.29 is 4.79 Å². The number of rotatable bonds is 3. The molecule has 0 spiro atoms. The van der Waals surface area contributed by atoms with Gasteiger partial charge in [0.2, 0.25) is 0 Å². The van der Waals surface area contributed by atoms with Crippen LogP contribution in [0.2, 0.25) is 0 Å². The number of carbonyl (C=O) groups excluding carboxylic acids is 1. The first kappa shape index (κ1) is 18.6. The van der Waals surface area contributed by atoms with Crippen LogP contribution in [-0.2, 0) is 0 Å². The minimum atomic E-state index is -0.233. The molecule has 1 aliphatic rings. The first-order valence-corrected chi connectivity index (χ1v) is 10.6. The molecule has 6 heteroatoms. The van der Waals surface area contributed by atoms with E-state index in [1.807, 2.05) is 32.0 Å². The Morgan fingerprint density at radius 3 is 2.59 bits per heavy atom. The molecule has 0 saturated heterocycles. The summed E-state index contributed by atoms with van der Waals surface area (Å²) < 4.78 is 0. The Hall–Kier alpha value is -4.19. The molecular weight excluding hydrogens is 398 g/mol. The predicted molar refractivity (Wildman–Crippen MR) is 124 cm³/mol. The third-order valence-electron chi connectivity index (χ3n) is 6.33. The number of aromatic amines is 2. The molecule has 6 rings (SSSR count). The van der Waals surface area contributed by atoms with Crippen LogP contribution in [0.1, 0.15) is 38.9 Å². The van der Waals surface area contributed by atoms with E-state index in [1.54, 1.807) is 18.5 Å². The number of hydrogen-bond donors (Lipinski definition) is 3. The predicted octanol–water partition coefficient (Wildman–Crippen LogP) is 5.07. The van der Waals surface area contributed by atoms with Gasteiger partial charge in [-0.2, -0.15) is 5.10 Å². The topological polar surface area (TPSA) is 86.5 Å². The molecule has 1 atom stereocenters. The maximum absolute atomic E-state index is 13.4. The van der Waals surface area contributed by atoms with Crippen molar-refractivity contribution in [1.29, 1.82) is 0 Å². The summed E-state index contributed by atoms with van der Waals surface area (Å²) >= 11 is 0. The van der Waals surface area contributed by atoms with Gasteiger partial charge in [-0.15, -0.1) is 0 Å². The molecule has 5 aromatic rings. The van der Waals surface area contributed by atoms with Crippen LogP contribution in [0.4, 0.5) is 0 Å². The molecule has 0 radical (unpaired) electrons. The minimum absolute atomic E-state index is 0.120. The van der Waals surface area contributed by atoms with Gasteiger partial charge in [-0.3, -0.25) is 9.89 Å². The first-order valence-electron chi connectivity index (χ1n) is 10.6. The molecule has 156 valence electrons. The number of nitrogens with zero attached hydrogens (tertiary/aromatic N) is 2. The molecule has 0 aliphatic heterocycles. The molecular formula is C26H21N5O. The lowest BCUT2D eigenvalue weighted by Gasteiger charge is -2.17. The molecule has 0 bridgehead atoms. The average molecular weight is 419 g/mol. The number of nitrogens with one attached hydrogen (secondary N) is 3. The molecule has 3 N–H and O–H groups in total. The maximum Gasteiger partial charge on any atom is 0.252 e. The van der Waals surface area contributed by atoms with Crippen LogP contribution in [0.15, 0.2) is 67.0 Å². The summed E-state index contributed by atoms with van der Waals surface area (Å²) in [5, 5.41) is 11.6. The number of carbonyl (C=O) groups is 1. The van der Waals surface area contributed by atoms with Crippen LogP contribution in [0.25, 0.3) is 33.3 Å². The Labute approximate surface area is 184 Å². The summed E-state index contributed by atoms with van der Waals surface area (Å²) in [6, 6.07) is 18.0. The molecule has 1 unspecified atom stereocenters. The van der Waals surface area contributed by atoms with Gasteiger partial charge in [-0.05, 0) is 53.8 Å². The van der Waals surface area contributed by atoms with Gasteiger partial charge in [0.15, 0.2) is 0 Å². The lowest BCUT2D eigenvalue weighted by Crippen LogP contribution is -2.28. The standard InChI is InChI=1S/C26H21N5O/c1-14-22(15(2)31-30-14)20-8-5-9-21-23(20)16-6-3-4-7-17(16)24(21)29-26(32)19-11-13-28-25-18(19)10-12-27-25/h3-13,24H,1-2H3,(H,27,28)(H,29,32)(H,30,31). The van der Waals surface area contributed by atoms with Gasteiger partial charge >= 0.3 is 0 Å². The van der Waals surface area contributed by atoms with Crippen LogP contribution in [0.3, 0.4) is 0 Å². The number of hydrogen-bond acceptors (Lipinski definition) is 3. The van der Waals surface area contributed by atoms with Gasteiger partial charge < -0.3 is 10.3 Å². The van der Waals surface area contributed by atoms with Crippen molar-refractivity contribution >= 4 is 16.9 Å². The number of aryl methyl sites for hydroxylation is 2. The lowest BCUT2D eigenvalue weighted by molar-refractivity contribution is 0.0945. The van der Waals surface area contributed by atoms with Crippen molar-refractivity contribution in [1.82, 2.24) is 25.5 Å². The molecule has 6 nitrogen and oxygen atoms in total. The number of H-pyrrole nitrogens is 2. The van der Waals surface area contributed by atoms with Crippen molar-refractivity contribution in [2.45, 2.75) is 19.9 Å². The van der Waals surface area contributed by atoms with Crippen LogP contribution in [0, 0.1) is 13.8 Å². The van der Waals surface area contributed by atoms with Crippen molar-refractivity contribution in [3.63, 3.8) is 0 Å². The second-order valence-electron chi connectivity index (χ2n) is 8.17.